The van der Waals surface area contributed by atoms with E-state index in [1.807, 2.05) is 0 Å². The molecule has 0 aromatic heterocycles. The number of phenolic OH excluding ortho intramolecular Hbond substituents is 1. The summed E-state index contributed by atoms with van der Waals surface area (Å²) in [6.45, 7) is 2.89. The molecule has 0 saturated heterocycles. The Bertz CT molecular complexity index is 469. The third-order valence-electron chi connectivity index (χ3n) is 2.79. The van der Waals surface area contributed by atoms with Crippen molar-refractivity contribution in [1.82, 2.24) is 5.32 Å². The summed E-state index contributed by atoms with van der Waals surface area (Å²) in [5.41, 5.74) is -2.07. The Morgan fingerprint density at radius 3 is 2.50 bits per heavy atom. The first kappa shape index (κ1) is 14.0. The third kappa shape index (κ3) is 2.58. The number of rotatable bonds is 4. The molecule has 1 unspecified atom stereocenters. The van der Waals surface area contributed by atoms with E-state index in [9.17, 15) is 19.1 Å². The number of carbonyl (C=O) groups excluding carboxylic acids is 1. The average molecular weight is 255 g/mol. The predicted octanol–water partition coefficient (Wildman–Crippen LogP) is 1.51. The topological polar surface area (TPSA) is 86.6 Å². The maximum absolute atomic E-state index is 13.4. The molecule has 0 aliphatic rings. The van der Waals surface area contributed by atoms with Crippen LogP contribution in [0.3, 0.4) is 0 Å². The summed E-state index contributed by atoms with van der Waals surface area (Å²) in [7, 11) is 0. The van der Waals surface area contributed by atoms with E-state index in [2.05, 4.69) is 5.32 Å². The SMILES string of the molecule is CCC(C)(NC(=O)c1c(O)cccc1F)C(=O)O. The standard InChI is InChI=1S/C12H14FNO4/c1-3-12(2,11(17)18)14-10(16)9-7(13)5-4-6-8(9)15/h4-6,15H,3H2,1-2H3,(H,14,16)(H,17,18). The van der Waals surface area contributed by atoms with Gasteiger partial charge in [0.05, 0.1) is 0 Å². The lowest BCUT2D eigenvalue weighted by Crippen LogP contribution is -2.51. The molecular formula is C12H14FNO4. The number of phenols is 1. The van der Waals surface area contributed by atoms with E-state index < -0.39 is 34.5 Å². The predicted molar refractivity (Wildman–Crippen MR) is 61.9 cm³/mol. The highest BCUT2D eigenvalue weighted by molar-refractivity contribution is 6.00. The number of halogens is 1. The van der Waals surface area contributed by atoms with Crippen molar-refractivity contribution >= 4 is 11.9 Å². The van der Waals surface area contributed by atoms with Gasteiger partial charge in [-0.05, 0) is 25.5 Å². The summed E-state index contributed by atoms with van der Waals surface area (Å²) >= 11 is 0. The van der Waals surface area contributed by atoms with Gasteiger partial charge in [0.25, 0.3) is 5.91 Å². The van der Waals surface area contributed by atoms with Crippen molar-refractivity contribution < 1.29 is 24.2 Å². The lowest BCUT2D eigenvalue weighted by molar-refractivity contribution is -0.143. The molecule has 0 heterocycles. The van der Waals surface area contributed by atoms with Crippen molar-refractivity contribution in [2.75, 3.05) is 0 Å². The number of amides is 1. The van der Waals surface area contributed by atoms with Crippen LogP contribution in [-0.2, 0) is 4.79 Å². The molecule has 0 aliphatic heterocycles. The highest BCUT2D eigenvalue weighted by atomic mass is 19.1. The van der Waals surface area contributed by atoms with Crippen LogP contribution in [0.5, 0.6) is 5.75 Å². The van der Waals surface area contributed by atoms with Crippen molar-refractivity contribution in [1.29, 1.82) is 0 Å². The van der Waals surface area contributed by atoms with Gasteiger partial charge in [-0.2, -0.15) is 0 Å². The first-order valence-electron chi connectivity index (χ1n) is 5.35. The minimum absolute atomic E-state index is 0.128. The van der Waals surface area contributed by atoms with Crippen LogP contribution in [0, 0.1) is 5.82 Å². The summed E-state index contributed by atoms with van der Waals surface area (Å²) in [6, 6.07) is 3.42. The van der Waals surface area contributed by atoms with Crippen molar-refractivity contribution in [3.63, 3.8) is 0 Å². The molecule has 1 atom stereocenters. The fraction of sp³-hybridized carbons (Fsp3) is 0.333. The molecule has 6 heteroatoms. The van der Waals surface area contributed by atoms with Gasteiger partial charge in [0, 0.05) is 0 Å². The Balaban J connectivity index is 3.06. The van der Waals surface area contributed by atoms with Crippen LogP contribution in [0.4, 0.5) is 4.39 Å². The number of carbonyl (C=O) groups is 2. The van der Waals surface area contributed by atoms with Gasteiger partial charge in [0.15, 0.2) is 0 Å². The third-order valence-corrected chi connectivity index (χ3v) is 2.79. The zero-order chi connectivity index (χ0) is 13.9. The lowest BCUT2D eigenvalue weighted by atomic mass is 9.98. The second-order valence-electron chi connectivity index (χ2n) is 4.08. The van der Waals surface area contributed by atoms with Crippen molar-refractivity contribution in [3.05, 3.63) is 29.6 Å². The number of aromatic hydroxyl groups is 1. The molecule has 98 valence electrons. The van der Waals surface area contributed by atoms with Crippen LogP contribution < -0.4 is 5.32 Å². The fourth-order valence-corrected chi connectivity index (χ4v) is 1.34. The molecule has 1 aromatic rings. The molecule has 0 aliphatic carbocycles. The average Bonchev–Trinajstić information content (AvgIpc) is 2.28. The second-order valence-corrected chi connectivity index (χ2v) is 4.08. The molecular weight excluding hydrogens is 241 g/mol. The van der Waals surface area contributed by atoms with E-state index in [1.165, 1.54) is 13.0 Å². The van der Waals surface area contributed by atoms with Gasteiger partial charge >= 0.3 is 5.97 Å². The van der Waals surface area contributed by atoms with E-state index >= 15 is 0 Å². The monoisotopic (exact) mass is 255 g/mol. The molecule has 0 spiro atoms. The van der Waals surface area contributed by atoms with Crippen LogP contribution >= 0.6 is 0 Å². The zero-order valence-electron chi connectivity index (χ0n) is 10.0. The number of benzene rings is 1. The molecule has 1 rings (SSSR count). The second kappa shape index (κ2) is 5.03. The molecule has 3 N–H and O–H groups in total. The minimum Gasteiger partial charge on any atom is -0.507 e. The van der Waals surface area contributed by atoms with Crippen LogP contribution in [0.1, 0.15) is 30.6 Å². The number of hydrogen-bond acceptors (Lipinski definition) is 3. The maximum Gasteiger partial charge on any atom is 0.329 e. The van der Waals surface area contributed by atoms with Crippen LogP contribution in [0.2, 0.25) is 0 Å². The van der Waals surface area contributed by atoms with Gasteiger partial charge in [-0.3, -0.25) is 4.79 Å². The summed E-state index contributed by atoms with van der Waals surface area (Å²) in [5, 5.41) is 20.6. The van der Waals surface area contributed by atoms with E-state index in [1.54, 1.807) is 6.92 Å². The summed E-state index contributed by atoms with van der Waals surface area (Å²) in [6.07, 6.45) is 0.128. The van der Waals surface area contributed by atoms with Crippen molar-refractivity contribution in [2.45, 2.75) is 25.8 Å². The first-order valence-corrected chi connectivity index (χ1v) is 5.35. The quantitative estimate of drug-likeness (QED) is 0.761. The molecule has 0 bridgehead atoms. The van der Waals surface area contributed by atoms with E-state index in [0.29, 0.717) is 0 Å². The highest BCUT2D eigenvalue weighted by Crippen LogP contribution is 2.21. The fourth-order valence-electron chi connectivity index (χ4n) is 1.34. The number of carboxylic acid groups (broad SMARTS) is 1. The smallest absolute Gasteiger partial charge is 0.329 e. The van der Waals surface area contributed by atoms with Crippen LogP contribution in [-0.4, -0.2) is 27.6 Å². The summed E-state index contributed by atoms with van der Waals surface area (Å²) in [4.78, 5) is 22.8. The zero-order valence-corrected chi connectivity index (χ0v) is 10.0. The normalized spacial score (nSPS) is 13.7. The van der Waals surface area contributed by atoms with Crippen LogP contribution in [0.25, 0.3) is 0 Å². The van der Waals surface area contributed by atoms with E-state index in [-0.39, 0.29) is 6.42 Å². The van der Waals surface area contributed by atoms with Crippen molar-refractivity contribution in [2.24, 2.45) is 0 Å². The Morgan fingerprint density at radius 2 is 2.06 bits per heavy atom. The number of carboxylic acids is 1. The lowest BCUT2D eigenvalue weighted by Gasteiger charge is -2.24. The Labute approximate surface area is 103 Å². The molecule has 1 aromatic carbocycles. The summed E-state index contributed by atoms with van der Waals surface area (Å²) in [5.74, 6) is -3.63. The van der Waals surface area contributed by atoms with Crippen molar-refractivity contribution in [3.8, 4) is 5.75 Å². The Kier molecular flexibility index (Phi) is 3.90. The van der Waals surface area contributed by atoms with Gasteiger partial charge < -0.3 is 15.5 Å². The molecule has 0 fully saturated rings. The maximum atomic E-state index is 13.4. The van der Waals surface area contributed by atoms with Gasteiger partial charge in [0.1, 0.15) is 22.7 Å². The molecule has 1 amide bonds. The first-order chi connectivity index (χ1) is 8.31. The van der Waals surface area contributed by atoms with E-state index in [0.717, 1.165) is 12.1 Å². The molecule has 0 saturated carbocycles. The number of aliphatic carboxylic acids is 1. The van der Waals surface area contributed by atoms with Gasteiger partial charge in [-0.1, -0.05) is 13.0 Å². The Morgan fingerprint density at radius 1 is 1.44 bits per heavy atom. The molecule has 18 heavy (non-hydrogen) atoms. The number of nitrogens with one attached hydrogen (secondary N) is 1. The summed E-state index contributed by atoms with van der Waals surface area (Å²) < 4.78 is 13.4. The van der Waals surface area contributed by atoms with Crippen LogP contribution in [0.15, 0.2) is 18.2 Å². The Hall–Kier alpha value is -2.11. The van der Waals surface area contributed by atoms with Gasteiger partial charge in [0.2, 0.25) is 0 Å². The highest BCUT2D eigenvalue weighted by Gasteiger charge is 2.34. The largest absolute Gasteiger partial charge is 0.507 e. The molecule has 0 radical (unpaired) electrons. The van der Waals surface area contributed by atoms with Gasteiger partial charge in [-0.15, -0.1) is 0 Å². The van der Waals surface area contributed by atoms with Gasteiger partial charge in [-0.25, -0.2) is 9.18 Å². The van der Waals surface area contributed by atoms with E-state index in [4.69, 9.17) is 5.11 Å². The minimum atomic E-state index is -1.51. The number of hydrogen-bond donors (Lipinski definition) is 3. The molecule has 5 nitrogen and oxygen atoms in total.